The first-order chi connectivity index (χ1) is 22.0. The summed E-state index contributed by atoms with van der Waals surface area (Å²) in [6.45, 7) is 0.742. The monoisotopic (exact) mass is 640 g/mol. The number of benzene rings is 5. The summed E-state index contributed by atoms with van der Waals surface area (Å²) in [5.41, 5.74) is -0.242. The summed E-state index contributed by atoms with van der Waals surface area (Å²) in [6, 6.07) is 18.3. The van der Waals surface area contributed by atoms with Gasteiger partial charge in [0.05, 0.1) is 11.1 Å². The number of rotatable bonds is 11. The third-order valence-corrected chi connectivity index (χ3v) is 7.69. The summed E-state index contributed by atoms with van der Waals surface area (Å²) in [6.07, 6.45) is 0.0304. The Hall–Kier alpha value is -4.66. The molecule has 9 heteroatoms. The molecule has 5 rings (SSSR count). The molecule has 0 atom stereocenters. The second kappa shape index (κ2) is 13.8. The van der Waals surface area contributed by atoms with Crippen molar-refractivity contribution >= 4 is 0 Å². The maximum Gasteiger partial charge on any atom is 0.429 e. The van der Waals surface area contributed by atoms with E-state index in [1.807, 2.05) is 12.1 Å². The minimum atomic E-state index is -4.16. The van der Waals surface area contributed by atoms with Gasteiger partial charge >= 0.3 is 6.11 Å². The van der Waals surface area contributed by atoms with E-state index in [1.165, 1.54) is 12.1 Å². The van der Waals surface area contributed by atoms with Gasteiger partial charge in [0.1, 0.15) is 41.5 Å². The van der Waals surface area contributed by atoms with Gasteiger partial charge in [-0.1, -0.05) is 62.2 Å². The van der Waals surface area contributed by atoms with Crippen LogP contribution in [0.2, 0.25) is 0 Å². The number of aryl methyl sites for hydroxylation is 1. The van der Waals surface area contributed by atoms with Crippen LogP contribution in [0.4, 0.5) is 35.1 Å². The Kier molecular flexibility index (Phi) is 9.79. The van der Waals surface area contributed by atoms with Crippen molar-refractivity contribution < 1.29 is 39.9 Å². The summed E-state index contributed by atoms with van der Waals surface area (Å²) >= 11 is 0. The largest absolute Gasteiger partial charge is 0.429 e. The molecule has 0 bridgehead atoms. The van der Waals surface area contributed by atoms with Crippen molar-refractivity contribution in [2.75, 3.05) is 0 Å². The summed E-state index contributed by atoms with van der Waals surface area (Å²) in [4.78, 5) is 0. The predicted molar refractivity (Wildman–Crippen MR) is 162 cm³/mol. The Bertz CT molecular complexity index is 1830. The standard InChI is InChI=1S/C37H28F8O/c1-2-3-4-5-22-6-8-23(9-7-22)24-11-15-31(36(43)16-24)37(44,45)46-27-12-14-28(35(42)20-27)25-10-13-29(32(39)17-25)26-18-33(40)30(21-38)34(41)19-26/h6-20H,2-5,21H2,1H3. The van der Waals surface area contributed by atoms with Crippen molar-refractivity contribution in [1.29, 1.82) is 0 Å². The van der Waals surface area contributed by atoms with Gasteiger partial charge in [-0.05, 0) is 83.1 Å². The van der Waals surface area contributed by atoms with E-state index in [-0.39, 0.29) is 22.3 Å². The zero-order valence-corrected chi connectivity index (χ0v) is 24.6. The third kappa shape index (κ3) is 7.09. The van der Waals surface area contributed by atoms with Gasteiger partial charge < -0.3 is 4.74 Å². The van der Waals surface area contributed by atoms with E-state index in [9.17, 15) is 22.0 Å². The first kappa shape index (κ1) is 32.7. The number of hydrogen-bond acceptors (Lipinski definition) is 1. The minimum Gasteiger partial charge on any atom is -0.429 e. The lowest BCUT2D eigenvalue weighted by Gasteiger charge is -2.20. The lowest BCUT2D eigenvalue weighted by Crippen LogP contribution is -2.23. The van der Waals surface area contributed by atoms with E-state index < -0.39 is 58.7 Å². The lowest BCUT2D eigenvalue weighted by atomic mass is 9.98. The highest BCUT2D eigenvalue weighted by Gasteiger charge is 2.38. The average Bonchev–Trinajstić information content (AvgIpc) is 3.01. The Balaban J connectivity index is 1.32. The molecule has 0 aliphatic carbocycles. The molecule has 0 N–H and O–H groups in total. The summed E-state index contributed by atoms with van der Waals surface area (Å²) in [5, 5.41) is 0. The van der Waals surface area contributed by atoms with Gasteiger partial charge in [-0.15, -0.1) is 0 Å². The van der Waals surface area contributed by atoms with Gasteiger partial charge in [0.25, 0.3) is 0 Å². The molecule has 0 saturated carbocycles. The number of hydrogen-bond donors (Lipinski definition) is 0. The number of alkyl halides is 3. The van der Waals surface area contributed by atoms with Crippen molar-refractivity contribution in [1.82, 2.24) is 0 Å². The maximum atomic E-state index is 15.0. The fourth-order valence-corrected chi connectivity index (χ4v) is 5.17. The van der Waals surface area contributed by atoms with E-state index in [0.717, 1.165) is 79.8 Å². The molecule has 0 aliphatic heterocycles. The molecular formula is C37H28F8O. The molecule has 0 saturated heterocycles. The molecule has 46 heavy (non-hydrogen) atoms. The van der Waals surface area contributed by atoms with Crippen LogP contribution >= 0.6 is 0 Å². The van der Waals surface area contributed by atoms with Gasteiger partial charge in [0.2, 0.25) is 0 Å². The number of ether oxygens (including phenoxy) is 1. The molecule has 238 valence electrons. The van der Waals surface area contributed by atoms with Gasteiger partial charge in [0.15, 0.2) is 0 Å². The minimum absolute atomic E-state index is 0.00555. The first-order valence-corrected chi connectivity index (χ1v) is 14.6. The van der Waals surface area contributed by atoms with Gasteiger partial charge in [-0.3, -0.25) is 0 Å². The van der Waals surface area contributed by atoms with Crippen LogP contribution in [-0.2, 0) is 19.2 Å². The maximum absolute atomic E-state index is 15.0. The smallest absolute Gasteiger partial charge is 0.429 e. The van der Waals surface area contributed by atoms with Crippen LogP contribution in [0.25, 0.3) is 33.4 Å². The molecule has 0 amide bonds. The zero-order chi connectivity index (χ0) is 33.0. The van der Waals surface area contributed by atoms with Gasteiger partial charge in [-0.2, -0.15) is 8.78 Å². The number of halogens is 8. The van der Waals surface area contributed by atoms with Crippen LogP contribution in [0.3, 0.4) is 0 Å². The van der Waals surface area contributed by atoms with Crippen LogP contribution in [0.5, 0.6) is 5.75 Å². The molecule has 5 aromatic rings. The van der Waals surface area contributed by atoms with E-state index in [0.29, 0.717) is 17.2 Å². The van der Waals surface area contributed by atoms with Crippen molar-refractivity contribution in [2.24, 2.45) is 0 Å². The van der Waals surface area contributed by atoms with Crippen LogP contribution in [0.1, 0.15) is 42.9 Å². The van der Waals surface area contributed by atoms with Crippen LogP contribution in [-0.4, -0.2) is 0 Å². The van der Waals surface area contributed by atoms with Crippen molar-refractivity contribution in [3.8, 4) is 39.1 Å². The summed E-state index contributed by atoms with van der Waals surface area (Å²) < 4.78 is 121. The van der Waals surface area contributed by atoms with Gasteiger partial charge in [-0.25, -0.2) is 26.3 Å². The fourth-order valence-electron chi connectivity index (χ4n) is 5.17. The quantitative estimate of drug-likeness (QED) is 0.103. The van der Waals surface area contributed by atoms with Crippen LogP contribution in [0.15, 0.2) is 91.0 Å². The summed E-state index contributed by atoms with van der Waals surface area (Å²) in [5.74, 6) is -6.18. The normalized spacial score (nSPS) is 11.6. The first-order valence-electron chi connectivity index (χ1n) is 14.6. The Morgan fingerprint density at radius 2 is 1.13 bits per heavy atom. The average molecular weight is 641 g/mol. The molecule has 5 aromatic carbocycles. The number of unbranched alkanes of at least 4 members (excludes halogenated alkanes) is 2. The highest BCUT2D eigenvalue weighted by molar-refractivity contribution is 5.72. The zero-order valence-electron chi connectivity index (χ0n) is 24.6. The Labute approximate surface area is 261 Å². The molecule has 0 aromatic heterocycles. The Morgan fingerprint density at radius 1 is 0.565 bits per heavy atom. The van der Waals surface area contributed by atoms with Crippen LogP contribution < -0.4 is 4.74 Å². The van der Waals surface area contributed by atoms with E-state index in [1.54, 1.807) is 12.1 Å². The predicted octanol–water partition coefficient (Wildman–Crippen LogP) is 11.7. The molecule has 1 nitrogen and oxygen atoms in total. The second-order valence-corrected chi connectivity index (χ2v) is 10.9. The molecule has 0 spiro atoms. The van der Waals surface area contributed by atoms with E-state index >= 15 is 13.2 Å². The second-order valence-electron chi connectivity index (χ2n) is 10.9. The van der Waals surface area contributed by atoms with E-state index in [2.05, 4.69) is 6.92 Å². The summed E-state index contributed by atoms with van der Waals surface area (Å²) in [7, 11) is 0. The molecule has 0 fully saturated rings. The molecule has 0 unspecified atom stereocenters. The topological polar surface area (TPSA) is 9.23 Å². The Morgan fingerprint density at radius 3 is 1.74 bits per heavy atom. The van der Waals surface area contributed by atoms with Crippen molar-refractivity contribution in [3.05, 3.63) is 137 Å². The highest BCUT2D eigenvalue weighted by atomic mass is 19.3. The molecule has 0 aliphatic rings. The van der Waals surface area contributed by atoms with Crippen molar-refractivity contribution in [3.63, 3.8) is 0 Å². The molecule has 0 radical (unpaired) electrons. The molecule has 0 heterocycles. The van der Waals surface area contributed by atoms with Gasteiger partial charge in [0, 0.05) is 17.2 Å². The lowest BCUT2D eigenvalue weighted by molar-refractivity contribution is -0.187. The molecular weight excluding hydrogens is 612 g/mol. The SMILES string of the molecule is CCCCCc1ccc(-c2ccc(C(F)(F)Oc3ccc(-c4ccc(-c5cc(F)c(CF)c(F)c5)c(F)c4)c(F)c3)c(F)c2)cc1. The van der Waals surface area contributed by atoms with Crippen molar-refractivity contribution in [2.45, 2.75) is 45.4 Å². The van der Waals surface area contributed by atoms with Crippen LogP contribution in [0, 0.1) is 29.1 Å². The highest BCUT2D eigenvalue weighted by Crippen LogP contribution is 2.37. The fraction of sp³-hybridized carbons (Fsp3) is 0.189. The van der Waals surface area contributed by atoms with E-state index in [4.69, 9.17) is 4.74 Å². The third-order valence-electron chi connectivity index (χ3n) is 7.69.